The fraction of sp³-hybridized carbons (Fsp3) is 0.500. The predicted molar refractivity (Wildman–Crippen MR) is 118 cm³/mol. The van der Waals surface area contributed by atoms with E-state index in [0.29, 0.717) is 18.3 Å². The summed E-state index contributed by atoms with van der Waals surface area (Å²) in [6.07, 6.45) is 2.38. The molecule has 2 aromatic rings. The Labute approximate surface area is 179 Å². The van der Waals surface area contributed by atoms with Gasteiger partial charge in [-0.05, 0) is 37.6 Å². The second-order valence-corrected chi connectivity index (χ2v) is 8.18. The van der Waals surface area contributed by atoms with Crippen molar-refractivity contribution in [3.05, 3.63) is 53.8 Å². The summed E-state index contributed by atoms with van der Waals surface area (Å²) in [5.74, 6) is 1.33. The first-order chi connectivity index (χ1) is 14.7. The molecule has 2 aliphatic heterocycles. The molecular formula is C24H32FN3O2. The van der Waals surface area contributed by atoms with E-state index < -0.39 is 0 Å². The van der Waals surface area contributed by atoms with Crippen LogP contribution in [0.2, 0.25) is 0 Å². The fourth-order valence-electron chi connectivity index (χ4n) is 4.72. The smallest absolute Gasteiger partial charge is 0.142 e. The van der Waals surface area contributed by atoms with Crippen molar-refractivity contribution >= 4 is 5.69 Å². The lowest BCUT2D eigenvalue weighted by atomic mass is 10.0. The topological polar surface area (TPSA) is 28.2 Å². The molecule has 5 nitrogen and oxygen atoms in total. The highest BCUT2D eigenvalue weighted by Gasteiger charge is 2.29. The zero-order valence-electron chi connectivity index (χ0n) is 18.0. The molecule has 0 bridgehead atoms. The summed E-state index contributed by atoms with van der Waals surface area (Å²) in [6.45, 7) is 6.80. The number of para-hydroxylation sites is 2. The highest BCUT2D eigenvalue weighted by Crippen LogP contribution is 2.29. The van der Waals surface area contributed by atoms with Crippen molar-refractivity contribution in [3.63, 3.8) is 0 Å². The SMILES string of the molecule is COc1ccc(CN2CCC[C@@H](N3CCN(c4ccccc4OC)CC3)C2)c(F)c1. The van der Waals surface area contributed by atoms with Crippen LogP contribution in [0.1, 0.15) is 18.4 Å². The van der Waals surface area contributed by atoms with E-state index in [1.54, 1.807) is 14.2 Å². The molecule has 0 aliphatic carbocycles. The average Bonchev–Trinajstić information content (AvgIpc) is 2.80. The Balaban J connectivity index is 1.33. The van der Waals surface area contributed by atoms with Crippen LogP contribution in [0.5, 0.6) is 11.5 Å². The molecule has 0 saturated carbocycles. The number of anilines is 1. The van der Waals surface area contributed by atoms with Crippen LogP contribution in [0.4, 0.5) is 10.1 Å². The molecule has 0 N–H and O–H groups in total. The van der Waals surface area contributed by atoms with Gasteiger partial charge in [0, 0.05) is 56.9 Å². The second kappa shape index (κ2) is 9.67. The minimum Gasteiger partial charge on any atom is -0.497 e. The van der Waals surface area contributed by atoms with Crippen LogP contribution >= 0.6 is 0 Å². The van der Waals surface area contributed by atoms with E-state index in [2.05, 4.69) is 26.8 Å². The molecule has 2 fully saturated rings. The maximum Gasteiger partial charge on any atom is 0.142 e. The highest BCUT2D eigenvalue weighted by atomic mass is 19.1. The number of benzene rings is 2. The van der Waals surface area contributed by atoms with Gasteiger partial charge in [0.2, 0.25) is 0 Å². The molecule has 30 heavy (non-hydrogen) atoms. The van der Waals surface area contributed by atoms with Crippen molar-refractivity contribution in [2.24, 2.45) is 0 Å². The minimum atomic E-state index is -0.179. The number of hydrogen-bond acceptors (Lipinski definition) is 5. The van der Waals surface area contributed by atoms with Crippen LogP contribution in [0, 0.1) is 5.82 Å². The van der Waals surface area contributed by atoms with Gasteiger partial charge in [0.05, 0.1) is 19.9 Å². The largest absolute Gasteiger partial charge is 0.497 e. The average molecular weight is 414 g/mol. The normalized spacial score (nSPS) is 20.9. The van der Waals surface area contributed by atoms with Gasteiger partial charge in [-0.1, -0.05) is 18.2 Å². The Kier molecular flexibility index (Phi) is 6.75. The minimum absolute atomic E-state index is 0.179. The summed E-state index contributed by atoms with van der Waals surface area (Å²) in [4.78, 5) is 7.43. The van der Waals surface area contributed by atoms with Gasteiger partial charge in [0.15, 0.2) is 0 Å². The summed E-state index contributed by atoms with van der Waals surface area (Å²) in [5.41, 5.74) is 1.93. The van der Waals surface area contributed by atoms with E-state index in [1.807, 2.05) is 24.3 Å². The lowest BCUT2D eigenvalue weighted by Gasteiger charge is -2.44. The fourth-order valence-corrected chi connectivity index (χ4v) is 4.72. The zero-order chi connectivity index (χ0) is 20.9. The first kappa shape index (κ1) is 20.9. The number of nitrogens with zero attached hydrogens (tertiary/aromatic N) is 3. The number of ether oxygens (including phenoxy) is 2. The van der Waals surface area contributed by atoms with E-state index in [-0.39, 0.29) is 5.82 Å². The molecule has 6 heteroatoms. The highest BCUT2D eigenvalue weighted by molar-refractivity contribution is 5.58. The van der Waals surface area contributed by atoms with Crippen molar-refractivity contribution in [2.45, 2.75) is 25.4 Å². The summed E-state index contributed by atoms with van der Waals surface area (Å²) >= 11 is 0. The Bertz CT molecular complexity index is 839. The summed E-state index contributed by atoms with van der Waals surface area (Å²) in [6, 6.07) is 14.0. The Morgan fingerprint density at radius 2 is 1.77 bits per heavy atom. The quantitative estimate of drug-likeness (QED) is 0.721. The van der Waals surface area contributed by atoms with Gasteiger partial charge >= 0.3 is 0 Å². The molecule has 4 rings (SSSR count). The standard InChI is InChI=1S/C24H32FN3O2/c1-29-21-10-9-19(22(25)16-21)17-26-11-5-6-20(18-26)27-12-14-28(15-13-27)23-7-3-4-8-24(23)30-2/h3-4,7-10,16,20H,5-6,11-15,17-18H2,1-2H3/t20-/m1/s1. The van der Waals surface area contributed by atoms with Gasteiger partial charge < -0.3 is 14.4 Å². The Morgan fingerprint density at radius 1 is 0.967 bits per heavy atom. The molecule has 2 saturated heterocycles. The molecule has 162 valence electrons. The number of methoxy groups -OCH3 is 2. The van der Waals surface area contributed by atoms with Crippen LogP contribution in [-0.4, -0.2) is 69.3 Å². The van der Waals surface area contributed by atoms with Crippen LogP contribution in [-0.2, 0) is 6.54 Å². The number of halogens is 1. The first-order valence-corrected chi connectivity index (χ1v) is 10.8. The predicted octanol–water partition coefficient (Wildman–Crippen LogP) is 3.63. The van der Waals surface area contributed by atoms with Gasteiger partial charge in [-0.25, -0.2) is 4.39 Å². The third-order valence-electron chi connectivity index (χ3n) is 6.39. The van der Waals surface area contributed by atoms with E-state index in [0.717, 1.165) is 57.0 Å². The summed E-state index contributed by atoms with van der Waals surface area (Å²) in [5, 5.41) is 0. The summed E-state index contributed by atoms with van der Waals surface area (Å²) < 4.78 is 25.0. The lowest BCUT2D eigenvalue weighted by Crippen LogP contribution is -2.55. The van der Waals surface area contributed by atoms with Crippen LogP contribution in [0.15, 0.2) is 42.5 Å². The third kappa shape index (κ3) is 4.71. The van der Waals surface area contributed by atoms with Crippen LogP contribution in [0.25, 0.3) is 0 Å². The van der Waals surface area contributed by atoms with E-state index in [1.165, 1.54) is 18.2 Å². The van der Waals surface area contributed by atoms with Gasteiger partial charge in [0.25, 0.3) is 0 Å². The Morgan fingerprint density at radius 3 is 2.50 bits per heavy atom. The lowest BCUT2D eigenvalue weighted by molar-refractivity contribution is 0.0881. The van der Waals surface area contributed by atoms with Crippen LogP contribution in [0.3, 0.4) is 0 Å². The van der Waals surface area contributed by atoms with Crippen molar-refractivity contribution in [3.8, 4) is 11.5 Å². The molecule has 1 atom stereocenters. The number of piperidine rings is 1. The van der Waals surface area contributed by atoms with E-state index in [4.69, 9.17) is 9.47 Å². The van der Waals surface area contributed by atoms with Gasteiger partial charge in [-0.15, -0.1) is 0 Å². The van der Waals surface area contributed by atoms with Crippen molar-refractivity contribution in [1.29, 1.82) is 0 Å². The summed E-state index contributed by atoms with van der Waals surface area (Å²) in [7, 11) is 3.30. The van der Waals surface area contributed by atoms with Crippen molar-refractivity contribution < 1.29 is 13.9 Å². The maximum atomic E-state index is 14.4. The van der Waals surface area contributed by atoms with Gasteiger partial charge in [0.1, 0.15) is 17.3 Å². The van der Waals surface area contributed by atoms with E-state index in [9.17, 15) is 4.39 Å². The monoisotopic (exact) mass is 413 g/mol. The van der Waals surface area contributed by atoms with E-state index >= 15 is 0 Å². The maximum absolute atomic E-state index is 14.4. The van der Waals surface area contributed by atoms with Crippen LogP contribution < -0.4 is 14.4 Å². The van der Waals surface area contributed by atoms with Crippen molar-refractivity contribution in [2.75, 3.05) is 58.4 Å². The molecule has 0 spiro atoms. The first-order valence-electron chi connectivity index (χ1n) is 10.8. The van der Waals surface area contributed by atoms with Gasteiger partial charge in [-0.2, -0.15) is 0 Å². The molecule has 0 unspecified atom stereocenters. The number of likely N-dealkylation sites (tertiary alicyclic amines) is 1. The zero-order valence-corrected chi connectivity index (χ0v) is 18.0. The molecule has 2 heterocycles. The third-order valence-corrected chi connectivity index (χ3v) is 6.39. The molecule has 2 aliphatic rings. The second-order valence-electron chi connectivity index (χ2n) is 8.18. The number of rotatable bonds is 6. The number of hydrogen-bond donors (Lipinski definition) is 0. The molecule has 0 aromatic heterocycles. The molecule has 0 radical (unpaired) electrons. The molecular weight excluding hydrogens is 381 g/mol. The Hall–Kier alpha value is -2.31. The van der Waals surface area contributed by atoms with Gasteiger partial charge in [-0.3, -0.25) is 9.80 Å². The number of piperazine rings is 1. The van der Waals surface area contributed by atoms with Crippen molar-refractivity contribution in [1.82, 2.24) is 9.80 Å². The molecule has 0 amide bonds. The molecule has 2 aromatic carbocycles.